The van der Waals surface area contributed by atoms with E-state index < -0.39 is 0 Å². The van der Waals surface area contributed by atoms with Crippen LogP contribution in [0.25, 0.3) is 0 Å². The molecule has 106 valence electrons. The van der Waals surface area contributed by atoms with E-state index >= 15 is 0 Å². The van der Waals surface area contributed by atoms with Gasteiger partial charge in [-0.3, -0.25) is 0 Å². The highest BCUT2D eigenvalue weighted by Crippen LogP contribution is 2.33. The van der Waals surface area contributed by atoms with Crippen LogP contribution < -0.4 is 5.32 Å². The average molecular weight is 281 g/mol. The van der Waals surface area contributed by atoms with Crippen LogP contribution in [0.15, 0.2) is 4.52 Å². The Morgan fingerprint density at radius 3 is 2.79 bits per heavy atom. The van der Waals surface area contributed by atoms with Gasteiger partial charge in [-0.2, -0.15) is 16.7 Å². The van der Waals surface area contributed by atoms with Gasteiger partial charge in [-0.25, -0.2) is 0 Å². The van der Waals surface area contributed by atoms with E-state index in [0.29, 0.717) is 0 Å². The summed E-state index contributed by atoms with van der Waals surface area (Å²) in [6.07, 6.45) is 7.67. The molecule has 0 aromatic carbocycles. The third kappa shape index (κ3) is 3.14. The zero-order chi connectivity index (χ0) is 13.1. The molecule has 1 aliphatic heterocycles. The molecule has 1 aromatic rings. The number of rotatable bonds is 4. The molecule has 5 heteroatoms. The number of aromatic nitrogens is 2. The zero-order valence-electron chi connectivity index (χ0n) is 11.7. The monoisotopic (exact) mass is 281 g/mol. The van der Waals surface area contributed by atoms with Gasteiger partial charge in [0, 0.05) is 10.7 Å². The maximum atomic E-state index is 5.52. The van der Waals surface area contributed by atoms with Gasteiger partial charge in [-0.1, -0.05) is 24.9 Å². The van der Waals surface area contributed by atoms with Crippen molar-refractivity contribution >= 4 is 11.8 Å². The fourth-order valence-electron chi connectivity index (χ4n) is 3.00. The van der Waals surface area contributed by atoms with Crippen LogP contribution in [0, 0.1) is 0 Å². The summed E-state index contributed by atoms with van der Waals surface area (Å²) in [5.74, 6) is 2.63. The molecule has 0 amide bonds. The number of nitrogens with zero attached hydrogens (tertiary/aromatic N) is 2. The first-order chi connectivity index (χ1) is 9.26. The first kappa shape index (κ1) is 13.4. The Balaban J connectivity index is 1.59. The lowest BCUT2D eigenvalue weighted by molar-refractivity contribution is 0.240. The van der Waals surface area contributed by atoms with E-state index in [4.69, 9.17) is 4.52 Å². The Bertz CT molecular complexity index is 409. The minimum Gasteiger partial charge on any atom is -0.339 e. The van der Waals surface area contributed by atoms with Gasteiger partial charge < -0.3 is 9.84 Å². The van der Waals surface area contributed by atoms with Crippen molar-refractivity contribution in [2.24, 2.45) is 0 Å². The van der Waals surface area contributed by atoms with Crippen LogP contribution in [0.1, 0.15) is 57.2 Å². The lowest BCUT2D eigenvalue weighted by atomic mass is 9.81. The summed E-state index contributed by atoms with van der Waals surface area (Å²) < 4.78 is 5.52. The summed E-state index contributed by atoms with van der Waals surface area (Å²) in [7, 11) is 0. The Morgan fingerprint density at radius 2 is 2.05 bits per heavy atom. The molecule has 1 N–H and O–H groups in total. The highest BCUT2D eigenvalue weighted by atomic mass is 32.2. The molecule has 0 radical (unpaired) electrons. The van der Waals surface area contributed by atoms with Gasteiger partial charge in [0.15, 0.2) is 5.82 Å². The van der Waals surface area contributed by atoms with Gasteiger partial charge in [0.2, 0.25) is 5.89 Å². The molecule has 2 fully saturated rings. The zero-order valence-corrected chi connectivity index (χ0v) is 12.5. The molecule has 2 heterocycles. The van der Waals surface area contributed by atoms with Crippen molar-refractivity contribution in [3.63, 3.8) is 0 Å². The summed E-state index contributed by atoms with van der Waals surface area (Å²) in [6, 6.07) is 0. The highest BCUT2D eigenvalue weighted by Gasteiger charge is 2.34. The lowest BCUT2D eigenvalue weighted by Crippen LogP contribution is -2.37. The number of piperidine rings is 1. The molecular weight excluding hydrogens is 258 g/mol. The summed E-state index contributed by atoms with van der Waals surface area (Å²) >= 11 is 2.00. The highest BCUT2D eigenvalue weighted by molar-refractivity contribution is 7.99. The van der Waals surface area contributed by atoms with Crippen LogP contribution in [0.3, 0.4) is 0 Å². The van der Waals surface area contributed by atoms with Gasteiger partial charge in [-0.15, -0.1) is 0 Å². The first-order valence-electron chi connectivity index (χ1n) is 7.42. The third-order valence-electron chi connectivity index (χ3n) is 4.44. The minimum atomic E-state index is 0.0779. The maximum Gasteiger partial charge on any atom is 0.232 e. The average Bonchev–Trinajstić information content (AvgIpc) is 3.09. The number of hydrogen-bond acceptors (Lipinski definition) is 5. The van der Waals surface area contributed by atoms with Gasteiger partial charge in [0.1, 0.15) is 0 Å². The Morgan fingerprint density at radius 1 is 1.32 bits per heavy atom. The van der Waals surface area contributed by atoms with Crippen LogP contribution in [0.4, 0.5) is 0 Å². The van der Waals surface area contributed by atoms with Crippen molar-refractivity contribution in [2.75, 3.05) is 13.1 Å². The number of hydrogen-bond donors (Lipinski definition) is 1. The first-order valence-corrected chi connectivity index (χ1v) is 8.46. The Hall–Kier alpha value is -0.550. The standard InChI is InChI=1S/C14H23N3OS/c1-14(6-8-15-9-7-14)13-16-12(17-18-13)10-19-11-4-2-3-5-11/h11,15H,2-10H2,1H3. The topological polar surface area (TPSA) is 51.0 Å². The van der Waals surface area contributed by atoms with E-state index in [1.54, 1.807) is 0 Å². The molecule has 0 bridgehead atoms. The van der Waals surface area contributed by atoms with Crippen molar-refractivity contribution in [3.05, 3.63) is 11.7 Å². The van der Waals surface area contributed by atoms with Gasteiger partial charge in [-0.05, 0) is 38.8 Å². The predicted molar refractivity (Wildman–Crippen MR) is 77.3 cm³/mol. The third-order valence-corrected chi connectivity index (χ3v) is 5.81. The predicted octanol–water partition coefficient (Wildman–Crippen LogP) is 2.89. The molecule has 19 heavy (non-hydrogen) atoms. The molecule has 1 aliphatic carbocycles. The van der Waals surface area contributed by atoms with E-state index in [1.165, 1.54) is 25.7 Å². The summed E-state index contributed by atoms with van der Waals surface area (Å²) in [5, 5.41) is 8.37. The minimum absolute atomic E-state index is 0.0779. The van der Waals surface area contributed by atoms with Gasteiger partial charge >= 0.3 is 0 Å². The molecule has 1 aromatic heterocycles. The van der Waals surface area contributed by atoms with Crippen molar-refractivity contribution < 1.29 is 4.52 Å². The largest absolute Gasteiger partial charge is 0.339 e. The van der Waals surface area contributed by atoms with E-state index in [-0.39, 0.29) is 5.41 Å². The van der Waals surface area contributed by atoms with E-state index in [0.717, 1.165) is 48.6 Å². The molecule has 0 spiro atoms. The second-order valence-corrected chi connectivity index (χ2v) is 7.33. The normalized spacial score (nSPS) is 23.8. The van der Waals surface area contributed by atoms with E-state index in [9.17, 15) is 0 Å². The van der Waals surface area contributed by atoms with Crippen LogP contribution in [-0.2, 0) is 11.2 Å². The molecule has 3 rings (SSSR count). The number of nitrogens with one attached hydrogen (secondary N) is 1. The second kappa shape index (κ2) is 5.83. The lowest BCUT2D eigenvalue weighted by Gasteiger charge is -2.30. The number of thioether (sulfide) groups is 1. The molecule has 4 nitrogen and oxygen atoms in total. The van der Waals surface area contributed by atoms with Crippen LogP contribution in [0.2, 0.25) is 0 Å². The van der Waals surface area contributed by atoms with Crippen molar-refractivity contribution in [3.8, 4) is 0 Å². The molecular formula is C14H23N3OS. The summed E-state index contributed by atoms with van der Waals surface area (Å²) in [4.78, 5) is 4.64. The van der Waals surface area contributed by atoms with Crippen molar-refractivity contribution in [1.29, 1.82) is 0 Å². The molecule has 1 saturated carbocycles. The fraction of sp³-hybridized carbons (Fsp3) is 0.857. The Kier molecular flexibility index (Phi) is 4.12. The quantitative estimate of drug-likeness (QED) is 0.919. The van der Waals surface area contributed by atoms with E-state index in [1.807, 2.05) is 11.8 Å². The van der Waals surface area contributed by atoms with Crippen molar-refractivity contribution in [1.82, 2.24) is 15.5 Å². The second-order valence-electron chi connectivity index (χ2n) is 6.04. The van der Waals surface area contributed by atoms with Gasteiger partial charge in [0.25, 0.3) is 0 Å². The summed E-state index contributed by atoms with van der Waals surface area (Å²) in [6.45, 7) is 4.34. The van der Waals surface area contributed by atoms with Crippen LogP contribution >= 0.6 is 11.8 Å². The van der Waals surface area contributed by atoms with Gasteiger partial charge in [0.05, 0.1) is 5.75 Å². The summed E-state index contributed by atoms with van der Waals surface area (Å²) in [5.41, 5.74) is 0.0779. The molecule has 0 atom stereocenters. The fourth-order valence-corrected chi connectivity index (χ4v) is 4.17. The molecule has 1 saturated heterocycles. The maximum absolute atomic E-state index is 5.52. The smallest absolute Gasteiger partial charge is 0.232 e. The molecule has 2 aliphatic rings. The van der Waals surface area contributed by atoms with Crippen LogP contribution in [-0.4, -0.2) is 28.5 Å². The SMILES string of the molecule is CC1(c2nc(CSC3CCCC3)no2)CCNCC1. The van der Waals surface area contributed by atoms with Crippen molar-refractivity contribution in [2.45, 2.75) is 61.9 Å². The van der Waals surface area contributed by atoms with Crippen LogP contribution in [0.5, 0.6) is 0 Å². The van der Waals surface area contributed by atoms with E-state index in [2.05, 4.69) is 22.4 Å². The molecule has 0 unspecified atom stereocenters. The Labute approximate surface area is 119 Å².